The molecule has 3 aliphatic heterocycles. The molecule has 0 aliphatic carbocycles. The first-order valence-electron chi connectivity index (χ1n) is 9.79. The first-order valence-corrected chi connectivity index (χ1v) is 9.79. The van der Waals surface area contributed by atoms with E-state index in [4.69, 9.17) is 0 Å². The van der Waals surface area contributed by atoms with Gasteiger partial charge >= 0.3 is 6.18 Å². The fourth-order valence-corrected chi connectivity index (χ4v) is 4.72. The van der Waals surface area contributed by atoms with Crippen molar-refractivity contribution in [3.63, 3.8) is 0 Å². The molecule has 0 saturated carbocycles. The van der Waals surface area contributed by atoms with Crippen LogP contribution in [-0.4, -0.2) is 29.6 Å². The van der Waals surface area contributed by atoms with Crippen molar-refractivity contribution in [2.45, 2.75) is 57.4 Å². The zero-order valence-corrected chi connectivity index (χ0v) is 16.5. The summed E-state index contributed by atoms with van der Waals surface area (Å²) in [6.07, 6.45) is -2.29. The lowest BCUT2D eigenvalue weighted by Crippen LogP contribution is -2.55. The number of carbonyl (C=O) groups is 1. The summed E-state index contributed by atoms with van der Waals surface area (Å²) in [5, 5.41) is 11.5. The van der Waals surface area contributed by atoms with Gasteiger partial charge in [0.15, 0.2) is 6.17 Å². The number of nitrogens with zero attached hydrogens (tertiary/aromatic N) is 3. The molecule has 154 valence electrons. The number of carbonyl (C=O) groups excluding carboxylic acids is 1. The van der Waals surface area contributed by atoms with Gasteiger partial charge in [-0.05, 0) is 31.9 Å². The van der Waals surface area contributed by atoms with Crippen LogP contribution in [0.2, 0.25) is 0 Å². The zero-order valence-electron chi connectivity index (χ0n) is 16.5. The molecule has 2 atom stereocenters. The summed E-state index contributed by atoms with van der Waals surface area (Å²) < 4.78 is 40.4. The quantitative estimate of drug-likeness (QED) is 0.805. The predicted molar refractivity (Wildman–Crippen MR) is 102 cm³/mol. The van der Waals surface area contributed by atoms with E-state index in [0.717, 1.165) is 23.4 Å². The minimum Gasteiger partial charge on any atom is -0.362 e. The van der Waals surface area contributed by atoms with Gasteiger partial charge in [0.1, 0.15) is 0 Å². The summed E-state index contributed by atoms with van der Waals surface area (Å²) in [7, 11) is 0. The Hall–Kier alpha value is -2.64. The molecule has 0 radical (unpaired) electrons. The second kappa shape index (κ2) is 6.71. The van der Waals surface area contributed by atoms with Crippen LogP contribution >= 0.6 is 0 Å². The van der Waals surface area contributed by atoms with Gasteiger partial charge in [0.2, 0.25) is 0 Å². The van der Waals surface area contributed by atoms with Crippen LogP contribution in [-0.2, 0) is 16.4 Å². The second-order valence-corrected chi connectivity index (χ2v) is 7.90. The lowest BCUT2D eigenvalue weighted by atomic mass is 9.62. The van der Waals surface area contributed by atoms with Crippen LogP contribution < -0.4 is 5.32 Å². The molecule has 4 rings (SSSR count). The number of rotatable bonds is 3. The van der Waals surface area contributed by atoms with Crippen LogP contribution in [0.3, 0.4) is 0 Å². The summed E-state index contributed by atoms with van der Waals surface area (Å²) in [6, 6.07) is 5.30. The number of fused-ring (bicyclic) bond motifs is 1. The van der Waals surface area contributed by atoms with Gasteiger partial charge in [-0.1, -0.05) is 25.1 Å². The van der Waals surface area contributed by atoms with E-state index in [9.17, 15) is 18.0 Å². The molecule has 5 nitrogen and oxygen atoms in total. The molecule has 1 aromatic rings. The van der Waals surface area contributed by atoms with E-state index >= 15 is 0 Å². The Labute approximate surface area is 167 Å². The average molecular weight is 404 g/mol. The molecule has 3 aliphatic rings. The molecule has 1 unspecified atom stereocenters. The Morgan fingerprint density at radius 3 is 2.76 bits per heavy atom. The number of alkyl halides is 3. The van der Waals surface area contributed by atoms with Crippen LogP contribution in [0.15, 0.2) is 57.5 Å². The Morgan fingerprint density at radius 1 is 1.34 bits per heavy atom. The molecule has 0 bridgehead atoms. The number of halogens is 3. The van der Waals surface area contributed by atoms with Gasteiger partial charge < -0.3 is 10.2 Å². The maximum atomic E-state index is 13.5. The third-order valence-electron chi connectivity index (χ3n) is 6.12. The van der Waals surface area contributed by atoms with E-state index in [0.29, 0.717) is 30.5 Å². The van der Waals surface area contributed by atoms with Crippen LogP contribution in [0.1, 0.15) is 44.7 Å². The standard InChI is InChI=1S/C21H23F3N4O/c1-4-20(13-6-5-7-14(10-13)21(22,23)24)15-11-25-27-18(15)26-16-8-9-28(12(2)3)19(29)17(16)20/h5-7,10-12,18,26H,4,8-9H2,1-3H3/t18?,20-/m1/s1. The maximum absolute atomic E-state index is 13.5. The van der Waals surface area contributed by atoms with Gasteiger partial charge in [0.05, 0.1) is 22.8 Å². The Balaban J connectivity index is 1.97. The molecule has 1 N–H and O–H groups in total. The Kier molecular flexibility index (Phi) is 4.55. The largest absolute Gasteiger partial charge is 0.416 e. The average Bonchev–Trinajstić information content (AvgIpc) is 3.14. The van der Waals surface area contributed by atoms with Crippen LogP contribution in [0.25, 0.3) is 0 Å². The van der Waals surface area contributed by atoms with E-state index in [1.54, 1.807) is 17.2 Å². The minimum atomic E-state index is -4.46. The van der Waals surface area contributed by atoms with Crippen LogP contribution in [0.4, 0.5) is 13.2 Å². The SMILES string of the molecule is CC[C@@]1(c2cccc(C(F)(F)F)c2)C2=CN=NC2NC2=C1C(=O)N(C(C)C)CC2. The van der Waals surface area contributed by atoms with Gasteiger partial charge in [0.25, 0.3) is 5.91 Å². The maximum Gasteiger partial charge on any atom is 0.416 e. The molecule has 8 heteroatoms. The monoisotopic (exact) mass is 404 g/mol. The number of benzene rings is 1. The highest BCUT2D eigenvalue weighted by Crippen LogP contribution is 2.51. The highest BCUT2D eigenvalue weighted by atomic mass is 19.4. The number of hydrogen-bond donors (Lipinski definition) is 1. The van der Waals surface area contributed by atoms with Crippen molar-refractivity contribution < 1.29 is 18.0 Å². The molecular formula is C21H23F3N4O. The molecule has 29 heavy (non-hydrogen) atoms. The molecule has 1 aromatic carbocycles. The number of nitrogens with one attached hydrogen (secondary N) is 1. The summed E-state index contributed by atoms with van der Waals surface area (Å²) in [5.74, 6) is -0.140. The molecule has 3 heterocycles. The van der Waals surface area contributed by atoms with E-state index in [-0.39, 0.29) is 11.9 Å². The molecule has 0 fully saturated rings. The molecule has 0 spiro atoms. The first kappa shape index (κ1) is 19.7. The molecular weight excluding hydrogens is 381 g/mol. The number of hydrogen-bond acceptors (Lipinski definition) is 4. The van der Waals surface area contributed by atoms with Crippen molar-refractivity contribution in [1.82, 2.24) is 10.2 Å². The van der Waals surface area contributed by atoms with E-state index in [1.807, 2.05) is 20.8 Å². The van der Waals surface area contributed by atoms with Crippen LogP contribution in [0, 0.1) is 0 Å². The Bertz CT molecular complexity index is 947. The lowest BCUT2D eigenvalue weighted by Gasteiger charge is -2.48. The highest BCUT2D eigenvalue weighted by Gasteiger charge is 2.53. The van der Waals surface area contributed by atoms with E-state index < -0.39 is 23.3 Å². The van der Waals surface area contributed by atoms with Gasteiger partial charge in [-0.25, -0.2) is 0 Å². The van der Waals surface area contributed by atoms with Gasteiger partial charge in [-0.3, -0.25) is 4.79 Å². The van der Waals surface area contributed by atoms with Crippen molar-refractivity contribution in [3.05, 3.63) is 58.4 Å². The van der Waals surface area contributed by atoms with Crippen molar-refractivity contribution in [2.75, 3.05) is 6.54 Å². The Morgan fingerprint density at radius 2 is 2.10 bits per heavy atom. The first-order chi connectivity index (χ1) is 13.7. The van der Waals surface area contributed by atoms with Gasteiger partial charge in [-0.15, -0.1) is 0 Å². The predicted octanol–water partition coefficient (Wildman–Crippen LogP) is 4.53. The third-order valence-corrected chi connectivity index (χ3v) is 6.12. The summed E-state index contributed by atoms with van der Waals surface area (Å²) in [6.45, 7) is 6.35. The molecule has 0 saturated heterocycles. The smallest absolute Gasteiger partial charge is 0.362 e. The number of amides is 1. The second-order valence-electron chi connectivity index (χ2n) is 7.90. The van der Waals surface area contributed by atoms with E-state index in [1.165, 1.54) is 6.07 Å². The van der Waals surface area contributed by atoms with Crippen molar-refractivity contribution in [2.24, 2.45) is 10.2 Å². The van der Waals surface area contributed by atoms with Crippen LogP contribution in [0.5, 0.6) is 0 Å². The van der Waals surface area contributed by atoms with E-state index in [2.05, 4.69) is 15.5 Å². The van der Waals surface area contributed by atoms with Gasteiger partial charge in [-0.2, -0.15) is 23.4 Å². The summed E-state index contributed by atoms with van der Waals surface area (Å²) in [4.78, 5) is 15.3. The fraction of sp³-hybridized carbons (Fsp3) is 0.476. The summed E-state index contributed by atoms with van der Waals surface area (Å²) in [5.41, 5.74) is 0.726. The van der Waals surface area contributed by atoms with Gasteiger partial charge in [0, 0.05) is 30.3 Å². The zero-order chi connectivity index (χ0) is 21.0. The van der Waals surface area contributed by atoms with Crippen molar-refractivity contribution in [3.8, 4) is 0 Å². The van der Waals surface area contributed by atoms with Crippen molar-refractivity contribution in [1.29, 1.82) is 0 Å². The summed E-state index contributed by atoms with van der Waals surface area (Å²) >= 11 is 0. The number of azo groups is 1. The minimum absolute atomic E-state index is 0.00253. The third kappa shape index (κ3) is 2.88. The highest BCUT2D eigenvalue weighted by molar-refractivity contribution is 5.99. The molecule has 1 amide bonds. The fourth-order valence-electron chi connectivity index (χ4n) is 4.72. The molecule has 0 aromatic heterocycles. The van der Waals surface area contributed by atoms with Crippen molar-refractivity contribution >= 4 is 5.91 Å². The lowest BCUT2D eigenvalue weighted by molar-refractivity contribution is -0.137. The topological polar surface area (TPSA) is 57.1 Å². The normalized spacial score (nSPS) is 26.4.